The zero-order valence-electron chi connectivity index (χ0n) is 18.5. The molecule has 1 aliphatic rings. The molecule has 0 spiro atoms. The summed E-state index contributed by atoms with van der Waals surface area (Å²) in [5.41, 5.74) is 0.975. The van der Waals surface area contributed by atoms with Gasteiger partial charge in [-0.15, -0.1) is 0 Å². The van der Waals surface area contributed by atoms with Crippen LogP contribution in [0.3, 0.4) is 0 Å². The van der Waals surface area contributed by atoms with Gasteiger partial charge in [-0.1, -0.05) is 73.4 Å². The summed E-state index contributed by atoms with van der Waals surface area (Å²) in [7, 11) is -3.26. The lowest BCUT2D eigenvalue weighted by atomic mass is 9.67. The Balaban J connectivity index is 1.93. The maximum atomic E-state index is 13.2. The Morgan fingerprint density at radius 3 is 2.16 bits per heavy atom. The monoisotopic (exact) mass is 496 g/mol. The minimum Gasteiger partial charge on any atom is -0.348 e. The predicted octanol–water partition coefficient (Wildman–Crippen LogP) is 5.28. The highest BCUT2D eigenvalue weighted by Crippen LogP contribution is 2.41. The SMILES string of the molecule is CCCS(=O)(=O)N1CCC(c2ccccc2)(C(CC)NC(=O)c2c(Cl)cccc2Cl)CC1. The Bertz CT molecular complexity index is 1020. The van der Waals surface area contributed by atoms with Gasteiger partial charge in [0.25, 0.3) is 5.91 Å². The quantitative estimate of drug-likeness (QED) is 0.540. The van der Waals surface area contributed by atoms with E-state index in [1.807, 2.05) is 32.0 Å². The van der Waals surface area contributed by atoms with Crippen LogP contribution in [0.1, 0.15) is 55.5 Å². The number of sulfonamides is 1. The number of halogens is 2. The predicted molar refractivity (Wildman–Crippen MR) is 131 cm³/mol. The number of rotatable bonds is 8. The van der Waals surface area contributed by atoms with E-state index in [4.69, 9.17) is 23.2 Å². The number of carbonyl (C=O) groups excluding carboxylic acids is 1. The fourth-order valence-corrected chi connectivity index (χ4v) is 6.82. The number of nitrogens with zero attached hydrogens (tertiary/aromatic N) is 1. The molecule has 0 aromatic heterocycles. The molecule has 1 atom stereocenters. The minimum absolute atomic E-state index is 0.157. The average molecular weight is 497 g/mol. The van der Waals surface area contributed by atoms with Crippen molar-refractivity contribution >= 4 is 39.1 Å². The third-order valence-corrected chi connectivity index (χ3v) is 9.10. The molecule has 1 amide bonds. The Hall–Kier alpha value is -1.60. The van der Waals surface area contributed by atoms with Crippen LogP contribution in [0.4, 0.5) is 0 Å². The highest BCUT2D eigenvalue weighted by Gasteiger charge is 2.44. The summed E-state index contributed by atoms with van der Waals surface area (Å²) in [6.45, 7) is 4.76. The first-order chi connectivity index (χ1) is 15.2. The number of hydrogen-bond donors (Lipinski definition) is 1. The van der Waals surface area contributed by atoms with Crippen LogP contribution in [0.2, 0.25) is 10.0 Å². The molecule has 1 aliphatic heterocycles. The first-order valence-corrected chi connectivity index (χ1v) is 13.4. The lowest BCUT2D eigenvalue weighted by Crippen LogP contribution is -2.56. The Kier molecular flexibility index (Phi) is 8.26. The van der Waals surface area contributed by atoms with Crippen molar-refractivity contribution in [2.45, 2.75) is 51.0 Å². The van der Waals surface area contributed by atoms with Gasteiger partial charge >= 0.3 is 0 Å². The summed E-state index contributed by atoms with van der Waals surface area (Å²) in [6.07, 6.45) is 2.52. The van der Waals surface area contributed by atoms with Crippen LogP contribution in [0.5, 0.6) is 0 Å². The summed E-state index contributed by atoms with van der Waals surface area (Å²) in [5.74, 6) is -0.159. The van der Waals surface area contributed by atoms with E-state index in [1.165, 1.54) is 0 Å². The van der Waals surface area contributed by atoms with Crippen LogP contribution in [-0.4, -0.2) is 43.5 Å². The van der Waals surface area contributed by atoms with Crippen LogP contribution in [0.15, 0.2) is 48.5 Å². The molecule has 1 N–H and O–H groups in total. The molecule has 3 rings (SSSR count). The normalized spacial score (nSPS) is 17.6. The lowest BCUT2D eigenvalue weighted by Gasteiger charge is -2.46. The van der Waals surface area contributed by atoms with Gasteiger partial charge in [0.1, 0.15) is 0 Å². The van der Waals surface area contributed by atoms with Gasteiger partial charge in [-0.25, -0.2) is 12.7 Å². The number of hydrogen-bond acceptors (Lipinski definition) is 3. The third-order valence-electron chi connectivity index (χ3n) is 6.39. The smallest absolute Gasteiger partial charge is 0.254 e. The second kappa shape index (κ2) is 10.6. The van der Waals surface area contributed by atoms with Crippen molar-refractivity contribution in [3.63, 3.8) is 0 Å². The lowest BCUT2D eigenvalue weighted by molar-refractivity contribution is 0.0882. The van der Waals surface area contributed by atoms with Gasteiger partial charge in [-0.05, 0) is 43.4 Å². The molecule has 1 unspecified atom stereocenters. The highest BCUT2D eigenvalue weighted by molar-refractivity contribution is 7.89. The fraction of sp³-hybridized carbons (Fsp3) is 0.458. The molecule has 174 valence electrons. The van der Waals surface area contributed by atoms with Crippen LogP contribution in [0, 0.1) is 0 Å². The Labute approximate surface area is 201 Å². The van der Waals surface area contributed by atoms with Crippen molar-refractivity contribution in [2.24, 2.45) is 0 Å². The maximum Gasteiger partial charge on any atom is 0.254 e. The molecule has 1 fully saturated rings. The summed E-state index contributed by atoms with van der Waals surface area (Å²) >= 11 is 12.5. The van der Waals surface area contributed by atoms with Gasteiger partial charge in [0, 0.05) is 24.5 Å². The van der Waals surface area contributed by atoms with Crippen molar-refractivity contribution in [1.29, 1.82) is 0 Å². The van der Waals surface area contributed by atoms with E-state index in [0.717, 1.165) is 5.56 Å². The summed E-state index contributed by atoms with van der Waals surface area (Å²) in [4.78, 5) is 13.2. The molecule has 32 heavy (non-hydrogen) atoms. The number of amides is 1. The van der Waals surface area contributed by atoms with E-state index in [0.29, 0.717) is 48.8 Å². The molecule has 0 bridgehead atoms. The summed E-state index contributed by atoms with van der Waals surface area (Å²) in [6, 6.07) is 14.8. The summed E-state index contributed by atoms with van der Waals surface area (Å²) in [5, 5.41) is 3.79. The molecule has 8 heteroatoms. The molecule has 1 heterocycles. The number of benzene rings is 2. The number of carbonyl (C=O) groups is 1. The van der Waals surface area contributed by atoms with Crippen LogP contribution in [0.25, 0.3) is 0 Å². The van der Waals surface area contributed by atoms with Gasteiger partial charge in [0.05, 0.1) is 21.4 Å². The van der Waals surface area contributed by atoms with Crippen molar-refractivity contribution in [2.75, 3.05) is 18.8 Å². The van der Waals surface area contributed by atoms with Gasteiger partial charge < -0.3 is 5.32 Å². The standard InChI is InChI=1S/C24H30Cl2N2O3S/c1-3-17-32(30,31)28-15-13-24(14-16-28,18-9-6-5-7-10-18)21(4-2)27-23(29)22-19(25)11-8-12-20(22)26/h5-12,21H,3-4,13-17H2,1-2H3,(H,27,29). The highest BCUT2D eigenvalue weighted by atomic mass is 35.5. The first-order valence-electron chi connectivity index (χ1n) is 11.0. The van der Waals surface area contributed by atoms with E-state index in [1.54, 1.807) is 22.5 Å². The van der Waals surface area contributed by atoms with E-state index in [-0.39, 0.29) is 23.3 Å². The van der Waals surface area contributed by atoms with Gasteiger partial charge in [-0.3, -0.25) is 4.79 Å². The van der Waals surface area contributed by atoms with E-state index in [9.17, 15) is 13.2 Å². The molecule has 0 aliphatic carbocycles. The van der Waals surface area contributed by atoms with E-state index < -0.39 is 15.4 Å². The van der Waals surface area contributed by atoms with Crippen molar-refractivity contribution in [3.8, 4) is 0 Å². The molecule has 5 nitrogen and oxygen atoms in total. The molecule has 0 radical (unpaired) electrons. The van der Waals surface area contributed by atoms with Gasteiger partial charge in [0.2, 0.25) is 10.0 Å². The maximum absolute atomic E-state index is 13.2. The van der Waals surface area contributed by atoms with Gasteiger partial charge in [0.15, 0.2) is 0 Å². The first kappa shape index (κ1) is 25.0. The topological polar surface area (TPSA) is 66.5 Å². The number of nitrogens with one attached hydrogen (secondary N) is 1. The van der Waals surface area contributed by atoms with Crippen LogP contribution in [-0.2, 0) is 15.4 Å². The van der Waals surface area contributed by atoms with E-state index in [2.05, 4.69) is 17.4 Å². The summed E-state index contributed by atoms with van der Waals surface area (Å²) < 4.78 is 26.9. The van der Waals surface area contributed by atoms with Crippen molar-refractivity contribution in [1.82, 2.24) is 9.62 Å². The number of piperidine rings is 1. The van der Waals surface area contributed by atoms with E-state index >= 15 is 0 Å². The largest absolute Gasteiger partial charge is 0.348 e. The average Bonchev–Trinajstić information content (AvgIpc) is 2.78. The molecule has 2 aromatic carbocycles. The van der Waals surface area contributed by atoms with Gasteiger partial charge in [-0.2, -0.15) is 0 Å². The second-order valence-electron chi connectivity index (χ2n) is 8.27. The van der Waals surface area contributed by atoms with Crippen molar-refractivity contribution < 1.29 is 13.2 Å². The Morgan fingerprint density at radius 1 is 1.03 bits per heavy atom. The molecular weight excluding hydrogens is 467 g/mol. The fourth-order valence-electron chi connectivity index (χ4n) is 4.73. The molecule has 0 saturated carbocycles. The van der Waals surface area contributed by atoms with Crippen LogP contribution < -0.4 is 5.32 Å². The third kappa shape index (κ3) is 5.14. The second-order valence-corrected chi connectivity index (χ2v) is 11.2. The van der Waals surface area contributed by atoms with Crippen molar-refractivity contribution in [3.05, 3.63) is 69.7 Å². The van der Waals surface area contributed by atoms with Crippen LogP contribution >= 0.6 is 23.2 Å². The molecular formula is C24H30Cl2N2O3S. The Morgan fingerprint density at radius 2 is 1.62 bits per heavy atom. The molecule has 1 saturated heterocycles. The zero-order valence-corrected chi connectivity index (χ0v) is 20.8. The molecule has 2 aromatic rings. The minimum atomic E-state index is -3.26. The zero-order chi connectivity index (χ0) is 23.4.